The summed E-state index contributed by atoms with van der Waals surface area (Å²) in [6.45, 7) is 0. The van der Waals surface area contributed by atoms with E-state index in [-0.39, 0.29) is 16.4 Å². The zero-order valence-electron chi connectivity index (χ0n) is 14.4. The number of pyridine rings is 1. The molecular weight excluding hydrogens is 430 g/mol. The van der Waals surface area contributed by atoms with E-state index in [0.29, 0.717) is 26.9 Å². The Bertz CT molecular complexity index is 1060. The third-order valence-corrected chi connectivity index (χ3v) is 6.20. The first kappa shape index (κ1) is 19.3. The maximum absolute atomic E-state index is 12.9. The molecule has 0 unspecified atom stereocenters. The van der Waals surface area contributed by atoms with Gasteiger partial charge in [0.2, 0.25) is 0 Å². The van der Waals surface area contributed by atoms with Gasteiger partial charge in [-0.05, 0) is 54.1 Å². The van der Waals surface area contributed by atoms with Crippen molar-refractivity contribution >= 4 is 31.6 Å². The molecule has 0 N–H and O–H groups in total. The summed E-state index contributed by atoms with van der Waals surface area (Å²) in [6.07, 6.45) is 3.05. The van der Waals surface area contributed by atoms with Crippen molar-refractivity contribution in [1.29, 1.82) is 0 Å². The lowest BCUT2D eigenvalue weighted by Crippen LogP contribution is -2.11. The third kappa shape index (κ3) is 4.43. The number of sulfone groups is 1. The summed E-state index contributed by atoms with van der Waals surface area (Å²) in [5, 5.41) is 0. The molecular formula is C20H16BrNO4S. The number of benzene rings is 2. The van der Waals surface area contributed by atoms with Crippen molar-refractivity contribution in [2.75, 3.05) is 7.11 Å². The van der Waals surface area contributed by atoms with E-state index < -0.39 is 9.84 Å². The molecule has 27 heavy (non-hydrogen) atoms. The van der Waals surface area contributed by atoms with E-state index in [2.05, 4.69) is 20.9 Å². The number of nitrogens with zero attached hydrogens (tertiary/aromatic N) is 1. The molecule has 0 amide bonds. The van der Waals surface area contributed by atoms with Crippen molar-refractivity contribution in [2.24, 2.45) is 0 Å². The standard InChI is InChI=1S/C20H16BrNO4S/c1-26-17-4-6-18(7-5-17)27(24,25)13-15-2-3-16(21)12-19(15)20(23)14-8-10-22-11-9-14/h2-12H,13H2,1H3. The van der Waals surface area contributed by atoms with E-state index in [9.17, 15) is 13.2 Å². The first-order valence-corrected chi connectivity index (χ1v) is 10.5. The predicted octanol–water partition coefficient (Wildman–Crippen LogP) is 4.06. The van der Waals surface area contributed by atoms with E-state index in [1.807, 2.05) is 0 Å². The van der Waals surface area contributed by atoms with E-state index in [0.717, 1.165) is 0 Å². The van der Waals surface area contributed by atoms with Gasteiger partial charge in [-0.2, -0.15) is 0 Å². The van der Waals surface area contributed by atoms with Gasteiger partial charge in [0.25, 0.3) is 0 Å². The smallest absolute Gasteiger partial charge is 0.193 e. The molecule has 0 aliphatic carbocycles. The molecule has 0 saturated carbocycles. The Hall–Kier alpha value is -2.51. The predicted molar refractivity (Wildman–Crippen MR) is 106 cm³/mol. The largest absolute Gasteiger partial charge is 0.497 e. The first-order valence-electron chi connectivity index (χ1n) is 8.00. The number of ketones is 1. The van der Waals surface area contributed by atoms with E-state index in [1.165, 1.54) is 31.6 Å². The second kappa shape index (κ2) is 8.02. The van der Waals surface area contributed by atoms with Gasteiger partial charge in [0.1, 0.15) is 5.75 Å². The van der Waals surface area contributed by atoms with Gasteiger partial charge in [0.15, 0.2) is 15.6 Å². The van der Waals surface area contributed by atoms with Crippen LogP contribution in [-0.4, -0.2) is 26.3 Å². The number of hydrogen-bond acceptors (Lipinski definition) is 5. The van der Waals surface area contributed by atoms with E-state index in [4.69, 9.17) is 4.74 Å². The normalized spacial score (nSPS) is 11.2. The minimum Gasteiger partial charge on any atom is -0.497 e. The van der Waals surface area contributed by atoms with Gasteiger partial charge >= 0.3 is 0 Å². The number of rotatable bonds is 6. The highest BCUT2D eigenvalue weighted by atomic mass is 79.9. The fourth-order valence-corrected chi connectivity index (χ4v) is 4.36. The minimum absolute atomic E-state index is 0.175. The lowest BCUT2D eigenvalue weighted by molar-refractivity contribution is 0.103. The Labute approximate surface area is 166 Å². The van der Waals surface area contributed by atoms with E-state index in [1.54, 1.807) is 42.5 Å². The molecule has 1 aromatic heterocycles. The van der Waals surface area contributed by atoms with Crippen molar-refractivity contribution in [3.05, 3.63) is 88.2 Å². The SMILES string of the molecule is COc1ccc(S(=O)(=O)Cc2ccc(Br)cc2C(=O)c2ccncc2)cc1. The number of halogens is 1. The fraction of sp³-hybridized carbons (Fsp3) is 0.100. The Morgan fingerprint density at radius 3 is 2.33 bits per heavy atom. The van der Waals surface area contributed by atoms with Crippen LogP contribution in [0.5, 0.6) is 5.75 Å². The molecule has 1 heterocycles. The van der Waals surface area contributed by atoms with Crippen LogP contribution in [0.2, 0.25) is 0 Å². The Balaban J connectivity index is 1.98. The van der Waals surface area contributed by atoms with Gasteiger partial charge in [-0.25, -0.2) is 8.42 Å². The van der Waals surface area contributed by atoms with Crippen LogP contribution >= 0.6 is 15.9 Å². The summed E-state index contributed by atoms with van der Waals surface area (Å²) in [6, 6.07) is 14.4. The van der Waals surface area contributed by atoms with Crippen molar-refractivity contribution in [2.45, 2.75) is 10.6 Å². The number of carbonyl (C=O) groups excluding carboxylic acids is 1. The van der Waals surface area contributed by atoms with Gasteiger partial charge in [0, 0.05) is 28.0 Å². The highest BCUT2D eigenvalue weighted by Gasteiger charge is 2.21. The van der Waals surface area contributed by atoms with Crippen molar-refractivity contribution < 1.29 is 17.9 Å². The maximum Gasteiger partial charge on any atom is 0.193 e. The molecule has 3 rings (SSSR count). The maximum atomic E-state index is 12.9. The van der Waals surface area contributed by atoms with Crippen LogP contribution in [0.3, 0.4) is 0 Å². The molecule has 3 aromatic rings. The van der Waals surface area contributed by atoms with E-state index >= 15 is 0 Å². The highest BCUT2D eigenvalue weighted by molar-refractivity contribution is 9.10. The summed E-state index contributed by atoms with van der Waals surface area (Å²) >= 11 is 3.35. The number of hydrogen-bond donors (Lipinski definition) is 0. The summed E-state index contributed by atoms with van der Waals surface area (Å²) in [5.41, 5.74) is 1.23. The molecule has 0 fully saturated rings. The van der Waals surface area contributed by atoms with Crippen molar-refractivity contribution in [3.63, 3.8) is 0 Å². The Morgan fingerprint density at radius 2 is 1.70 bits per heavy atom. The number of aromatic nitrogens is 1. The molecule has 2 aromatic carbocycles. The van der Waals surface area contributed by atoms with Crippen molar-refractivity contribution in [1.82, 2.24) is 4.98 Å². The second-order valence-corrected chi connectivity index (χ2v) is 8.71. The Morgan fingerprint density at radius 1 is 1.04 bits per heavy atom. The zero-order valence-corrected chi connectivity index (χ0v) is 16.8. The summed E-state index contributed by atoms with van der Waals surface area (Å²) in [4.78, 5) is 16.9. The zero-order chi connectivity index (χ0) is 19.4. The topological polar surface area (TPSA) is 73.3 Å². The quantitative estimate of drug-likeness (QED) is 0.534. The van der Waals surface area contributed by atoms with Gasteiger partial charge in [0.05, 0.1) is 17.8 Å². The van der Waals surface area contributed by atoms with Crippen LogP contribution in [0.4, 0.5) is 0 Å². The number of carbonyl (C=O) groups is 1. The monoisotopic (exact) mass is 445 g/mol. The average molecular weight is 446 g/mol. The first-order chi connectivity index (χ1) is 12.9. The summed E-state index contributed by atoms with van der Waals surface area (Å²) in [7, 11) is -2.11. The highest BCUT2D eigenvalue weighted by Crippen LogP contribution is 2.25. The van der Waals surface area contributed by atoms with Crippen LogP contribution in [0.15, 0.2) is 76.4 Å². The molecule has 0 atom stereocenters. The molecule has 5 nitrogen and oxygen atoms in total. The molecule has 0 aliphatic rings. The van der Waals surface area contributed by atoms with Gasteiger partial charge < -0.3 is 4.74 Å². The number of methoxy groups -OCH3 is 1. The lowest BCUT2D eigenvalue weighted by atomic mass is 10.00. The minimum atomic E-state index is -3.62. The Kier molecular flexibility index (Phi) is 5.72. The molecule has 0 aliphatic heterocycles. The molecule has 0 radical (unpaired) electrons. The molecule has 7 heteroatoms. The van der Waals surface area contributed by atoms with Crippen LogP contribution < -0.4 is 4.74 Å². The van der Waals surface area contributed by atoms with Gasteiger partial charge in [-0.1, -0.05) is 22.0 Å². The molecule has 0 bridgehead atoms. The average Bonchev–Trinajstić information content (AvgIpc) is 2.69. The fourth-order valence-electron chi connectivity index (χ4n) is 2.62. The van der Waals surface area contributed by atoms with Crippen LogP contribution in [0.1, 0.15) is 21.5 Å². The number of ether oxygens (including phenoxy) is 1. The summed E-state index contributed by atoms with van der Waals surface area (Å²) < 4.78 is 31.4. The molecule has 0 spiro atoms. The lowest BCUT2D eigenvalue weighted by Gasteiger charge is -2.11. The van der Waals surface area contributed by atoms with Crippen LogP contribution in [0.25, 0.3) is 0 Å². The van der Waals surface area contributed by atoms with Gasteiger partial charge in [-0.15, -0.1) is 0 Å². The second-order valence-electron chi connectivity index (χ2n) is 5.80. The van der Waals surface area contributed by atoms with Gasteiger partial charge in [-0.3, -0.25) is 9.78 Å². The van der Waals surface area contributed by atoms with Crippen molar-refractivity contribution in [3.8, 4) is 5.75 Å². The summed E-state index contributed by atoms with van der Waals surface area (Å²) in [5.74, 6) is 0.0449. The third-order valence-electron chi connectivity index (χ3n) is 4.02. The van der Waals surface area contributed by atoms with Crippen LogP contribution in [-0.2, 0) is 15.6 Å². The molecule has 0 saturated heterocycles. The molecule has 138 valence electrons. The van der Waals surface area contributed by atoms with Crippen LogP contribution in [0, 0.1) is 0 Å².